The zero-order valence-corrected chi connectivity index (χ0v) is 10.4. The maximum Gasteiger partial charge on any atom is 0.135 e. The van der Waals surface area contributed by atoms with Crippen molar-refractivity contribution in [3.05, 3.63) is 0 Å². The number of Topliss-reactive ketones (excluding diaryl/α,β-unsaturated/α-hetero) is 1. The summed E-state index contributed by atoms with van der Waals surface area (Å²) in [5, 5.41) is 0. The van der Waals surface area contributed by atoms with Gasteiger partial charge >= 0.3 is 0 Å². The van der Waals surface area contributed by atoms with E-state index in [1.54, 1.807) is 0 Å². The summed E-state index contributed by atoms with van der Waals surface area (Å²) in [4.78, 5) is 11.9. The minimum Gasteiger partial charge on any atom is -0.378 e. The van der Waals surface area contributed by atoms with Gasteiger partial charge in [0.1, 0.15) is 5.78 Å². The molecule has 3 atom stereocenters. The smallest absolute Gasteiger partial charge is 0.135 e. The third kappa shape index (κ3) is 3.31. The third-order valence-corrected chi connectivity index (χ3v) is 4.12. The molecule has 2 rings (SSSR count). The Balaban J connectivity index is 1.60. The largest absolute Gasteiger partial charge is 0.378 e. The number of hydrogen-bond donors (Lipinski definition) is 0. The van der Waals surface area contributed by atoms with Gasteiger partial charge < -0.3 is 4.74 Å². The first-order valence-electron chi connectivity index (χ1n) is 6.90. The summed E-state index contributed by atoms with van der Waals surface area (Å²) in [5.74, 6) is 1.67. The molecular weight excluding hydrogens is 200 g/mol. The van der Waals surface area contributed by atoms with Crippen molar-refractivity contribution in [3.63, 3.8) is 0 Å². The quantitative estimate of drug-likeness (QED) is 0.716. The van der Waals surface area contributed by atoms with Crippen LogP contribution >= 0.6 is 0 Å². The Bertz CT molecular complexity index is 231. The van der Waals surface area contributed by atoms with Gasteiger partial charge in [-0.15, -0.1) is 0 Å². The highest BCUT2D eigenvalue weighted by Crippen LogP contribution is 2.32. The van der Waals surface area contributed by atoms with Gasteiger partial charge in [-0.1, -0.05) is 6.92 Å². The number of hydrogen-bond acceptors (Lipinski definition) is 2. The van der Waals surface area contributed by atoms with Crippen molar-refractivity contribution in [3.8, 4) is 0 Å². The second kappa shape index (κ2) is 5.81. The fourth-order valence-corrected chi connectivity index (χ4v) is 3.08. The van der Waals surface area contributed by atoms with Crippen molar-refractivity contribution < 1.29 is 9.53 Å². The molecule has 0 radical (unpaired) electrons. The molecule has 0 amide bonds. The average Bonchev–Trinajstić information content (AvgIpc) is 2.89. The van der Waals surface area contributed by atoms with Crippen LogP contribution in [0.1, 0.15) is 58.3 Å². The van der Waals surface area contributed by atoms with E-state index in [9.17, 15) is 4.79 Å². The molecule has 16 heavy (non-hydrogen) atoms. The topological polar surface area (TPSA) is 26.3 Å². The molecule has 0 N–H and O–H groups in total. The van der Waals surface area contributed by atoms with E-state index in [-0.39, 0.29) is 0 Å². The number of ether oxygens (including phenoxy) is 1. The van der Waals surface area contributed by atoms with E-state index in [0.717, 1.165) is 44.6 Å². The van der Waals surface area contributed by atoms with Crippen molar-refractivity contribution in [2.75, 3.05) is 6.61 Å². The monoisotopic (exact) mass is 224 g/mol. The van der Waals surface area contributed by atoms with E-state index in [1.165, 1.54) is 19.3 Å². The van der Waals surface area contributed by atoms with E-state index >= 15 is 0 Å². The first-order chi connectivity index (χ1) is 7.75. The van der Waals surface area contributed by atoms with Crippen LogP contribution in [0.15, 0.2) is 0 Å². The predicted molar refractivity (Wildman–Crippen MR) is 64.3 cm³/mol. The first-order valence-corrected chi connectivity index (χ1v) is 6.90. The number of rotatable bonds is 5. The Morgan fingerprint density at radius 1 is 1.31 bits per heavy atom. The molecule has 0 aromatic heterocycles. The summed E-state index contributed by atoms with van der Waals surface area (Å²) in [6, 6.07) is 0. The van der Waals surface area contributed by atoms with E-state index in [2.05, 4.69) is 6.92 Å². The lowest BCUT2D eigenvalue weighted by molar-refractivity contribution is -0.122. The van der Waals surface area contributed by atoms with Gasteiger partial charge in [0.25, 0.3) is 0 Å². The van der Waals surface area contributed by atoms with Gasteiger partial charge in [-0.3, -0.25) is 4.79 Å². The van der Waals surface area contributed by atoms with Gasteiger partial charge in [0, 0.05) is 18.9 Å². The average molecular weight is 224 g/mol. The van der Waals surface area contributed by atoms with E-state index < -0.39 is 0 Å². The molecule has 2 fully saturated rings. The molecule has 3 unspecified atom stereocenters. The summed E-state index contributed by atoms with van der Waals surface area (Å²) in [7, 11) is 0. The molecule has 0 aromatic carbocycles. The van der Waals surface area contributed by atoms with Gasteiger partial charge in [-0.05, 0) is 50.9 Å². The van der Waals surface area contributed by atoms with E-state index in [4.69, 9.17) is 4.74 Å². The maximum absolute atomic E-state index is 11.9. The number of carbonyl (C=O) groups excluding carboxylic acids is 1. The lowest BCUT2D eigenvalue weighted by Crippen LogP contribution is -2.12. The SMILES string of the molecule is CC1CCC(C(=O)CCCC2CCCO2)C1. The minimum absolute atomic E-state index is 0.388. The molecule has 2 nitrogen and oxygen atoms in total. The lowest BCUT2D eigenvalue weighted by Gasteiger charge is -2.11. The number of carbonyl (C=O) groups is 1. The number of ketones is 1. The zero-order chi connectivity index (χ0) is 11.4. The fourth-order valence-electron chi connectivity index (χ4n) is 3.08. The van der Waals surface area contributed by atoms with Crippen LogP contribution in [0.25, 0.3) is 0 Å². The molecule has 0 spiro atoms. The molecule has 0 bridgehead atoms. The van der Waals surface area contributed by atoms with Crippen molar-refractivity contribution in [2.24, 2.45) is 11.8 Å². The molecule has 1 saturated heterocycles. The van der Waals surface area contributed by atoms with Crippen LogP contribution in [0.3, 0.4) is 0 Å². The van der Waals surface area contributed by atoms with Crippen molar-refractivity contribution in [2.45, 2.75) is 64.4 Å². The first kappa shape index (κ1) is 12.1. The van der Waals surface area contributed by atoms with Crippen molar-refractivity contribution >= 4 is 5.78 Å². The maximum atomic E-state index is 11.9. The van der Waals surface area contributed by atoms with Crippen LogP contribution in [0, 0.1) is 11.8 Å². The Morgan fingerprint density at radius 3 is 2.81 bits per heavy atom. The Morgan fingerprint density at radius 2 is 2.19 bits per heavy atom. The Labute approximate surface area is 98.7 Å². The zero-order valence-electron chi connectivity index (χ0n) is 10.4. The van der Waals surface area contributed by atoms with E-state index in [0.29, 0.717) is 17.8 Å². The molecule has 2 aliphatic rings. The lowest BCUT2D eigenvalue weighted by atomic mass is 9.96. The molecule has 1 saturated carbocycles. The summed E-state index contributed by atoms with van der Waals surface area (Å²) in [6.07, 6.45) is 9.31. The molecule has 1 aliphatic carbocycles. The Hall–Kier alpha value is -0.370. The van der Waals surface area contributed by atoms with Crippen LogP contribution in [0.5, 0.6) is 0 Å². The van der Waals surface area contributed by atoms with Crippen LogP contribution in [0.2, 0.25) is 0 Å². The molecule has 1 aliphatic heterocycles. The summed E-state index contributed by atoms with van der Waals surface area (Å²) in [5.41, 5.74) is 0. The predicted octanol–water partition coefficient (Wildman–Crippen LogP) is 3.34. The molecule has 2 heteroatoms. The molecule has 1 heterocycles. The second-order valence-electron chi connectivity index (χ2n) is 5.61. The normalized spacial score (nSPS) is 34.4. The van der Waals surface area contributed by atoms with Crippen molar-refractivity contribution in [1.82, 2.24) is 0 Å². The van der Waals surface area contributed by atoms with Crippen LogP contribution in [-0.2, 0) is 9.53 Å². The van der Waals surface area contributed by atoms with Crippen LogP contribution < -0.4 is 0 Å². The van der Waals surface area contributed by atoms with Crippen molar-refractivity contribution in [1.29, 1.82) is 0 Å². The van der Waals surface area contributed by atoms with E-state index in [1.807, 2.05) is 0 Å². The van der Waals surface area contributed by atoms with Crippen LogP contribution in [0.4, 0.5) is 0 Å². The molecular formula is C14H24O2. The summed E-state index contributed by atoms with van der Waals surface area (Å²) >= 11 is 0. The van der Waals surface area contributed by atoms with Gasteiger partial charge in [-0.2, -0.15) is 0 Å². The summed E-state index contributed by atoms with van der Waals surface area (Å²) < 4.78 is 5.57. The van der Waals surface area contributed by atoms with Gasteiger partial charge in [0.05, 0.1) is 6.10 Å². The highest BCUT2D eigenvalue weighted by atomic mass is 16.5. The highest BCUT2D eigenvalue weighted by molar-refractivity contribution is 5.81. The summed E-state index contributed by atoms with van der Waals surface area (Å²) in [6.45, 7) is 3.19. The molecule has 0 aromatic rings. The standard InChI is InChI=1S/C14H24O2/c1-11-7-8-12(10-11)14(15)6-2-4-13-5-3-9-16-13/h11-13H,2-10H2,1H3. The van der Waals surface area contributed by atoms with Crippen LogP contribution in [-0.4, -0.2) is 18.5 Å². The minimum atomic E-state index is 0.388. The second-order valence-corrected chi connectivity index (χ2v) is 5.61. The Kier molecular flexibility index (Phi) is 4.39. The van der Waals surface area contributed by atoms with Gasteiger partial charge in [0.15, 0.2) is 0 Å². The third-order valence-electron chi connectivity index (χ3n) is 4.12. The fraction of sp³-hybridized carbons (Fsp3) is 0.929. The van der Waals surface area contributed by atoms with Gasteiger partial charge in [-0.25, -0.2) is 0 Å². The molecule has 92 valence electrons. The van der Waals surface area contributed by atoms with Gasteiger partial charge in [0.2, 0.25) is 0 Å². The highest BCUT2D eigenvalue weighted by Gasteiger charge is 2.26.